The first kappa shape index (κ1) is 23.6. The number of nitrogens with zero attached hydrogens (tertiary/aromatic N) is 1. The number of nitrogens with one attached hydrogen (secondary N) is 1. The van der Waals surface area contributed by atoms with Gasteiger partial charge in [0.2, 0.25) is 5.91 Å². The van der Waals surface area contributed by atoms with Crippen LogP contribution in [0.2, 0.25) is 10.0 Å². The summed E-state index contributed by atoms with van der Waals surface area (Å²) >= 11 is 12.1. The third-order valence-corrected chi connectivity index (χ3v) is 6.16. The van der Waals surface area contributed by atoms with E-state index >= 15 is 0 Å². The summed E-state index contributed by atoms with van der Waals surface area (Å²) in [7, 11) is 0. The van der Waals surface area contributed by atoms with Gasteiger partial charge in [-0.1, -0.05) is 29.3 Å². The Morgan fingerprint density at radius 2 is 1.77 bits per heavy atom. The lowest BCUT2D eigenvalue weighted by atomic mass is 10.0. The first-order valence-corrected chi connectivity index (χ1v) is 11.4. The van der Waals surface area contributed by atoms with Gasteiger partial charge in [-0.3, -0.25) is 14.5 Å². The molecule has 5 nitrogen and oxygen atoms in total. The number of piperidine rings is 1. The van der Waals surface area contributed by atoms with Gasteiger partial charge in [0.15, 0.2) is 5.78 Å². The highest BCUT2D eigenvalue weighted by atomic mass is 35.5. The van der Waals surface area contributed by atoms with Crippen LogP contribution in [-0.2, 0) is 11.3 Å². The van der Waals surface area contributed by atoms with Crippen LogP contribution in [0.5, 0.6) is 5.75 Å². The molecule has 1 amide bonds. The van der Waals surface area contributed by atoms with Crippen molar-refractivity contribution in [2.45, 2.75) is 45.2 Å². The first-order chi connectivity index (χ1) is 14.9. The van der Waals surface area contributed by atoms with Crippen LogP contribution in [0.25, 0.3) is 0 Å². The largest absolute Gasteiger partial charge is 0.494 e. The van der Waals surface area contributed by atoms with Crippen molar-refractivity contribution in [3.63, 3.8) is 0 Å². The van der Waals surface area contributed by atoms with Gasteiger partial charge in [0, 0.05) is 37.7 Å². The Morgan fingerprint density at radius 1 is 1.06 bits per heavy atom. The molecule has 1 aliphatic rings. The van der Waals surface area contributed by atoms with Gasteiger partial charge < -0.3 is 10.1 Å². The average molecular weight is 463 g/mol. The van der Waals surface area contributed by atoms with Crippen LogP contribution in [-0.4, -0.2) is 42.3 Å². The zero-order valence-electron chi connectivity index (χ0n) is 17.7. The minimum atomic E-state index is 0.0310. The molecule has 0 aliphatic carbocycles. The highest BCUT2D eigenvalue weighted by Gasteiger charge is 2.20. The minimum absolute atomic E-state index is 0.0310. The molecular weight excluding hydrogens is 435 g/mol. The van der Waals surface area contributed by atoms with Crippen molar-refractivity contribution in [3.05, 3.63) is 63.6 Å². The number of carbonyl (C=O) groups is 2. The quantitative estimate of drug-likeness (QED) is 0.414. The van der Waals surface area contributed by atoms with Crippen LogP contribution >= 0.6 is 23.2 Å². The van der Waals surface area contributed by atoms with E-state index in [0.717, 1.165) is 38.0 Å². The Labute approximate surface area is 193 Å². The molecule has 0 saturated carbocycles. The van der Waals surface area contributed by atoms with Crippen LogP contribution in [0.15, 0.2) is 42.5 Å². The fourth-order valence-corrected chi connectivity index (χ4v) is 3.96. The van der Waals surface area contributed by atoms with Crippen LogP contribution in [0.1, 0.15) is 48.5 Å². The van der Waals surface area contributed by atoms with Crippen molar-refractivity contribution in [1.82, 2.24) is 10.2 Å². The molecule has 1 heterocycles. The summed E-state index contributed by atoms with van der Waals surface area (Å²) in [6.07, 6.45) is 2.96. The fourth-order valence-electron chi connectivity index (χ4n) is 3.64. The van der Waals surface area contributed by atoms with Crippen LogP contribution < -0.4 is 10.1 Å². The number of ketones is 1. The Kier molecular flexibility index (Phi) is 8.76. The summed E-state index contributed by atoms with van der Waals surface area (Å²) in [4.78, 5) is 25.9. The predicted molar refractivity (Wildman–Crippen MR) is 124 cm³/mol. The minimum Gasteiger partial charge on any atom is -0.494 e. The topological polar surface area (TPSA) is 58.6 Å². The molecule has 1 fully saturated rings. The summed E-state index contributed by atoms with van der Waals surface area (Å²) in [5.41, 5.74) is 1.81. The molecule has 1 N–H and O–H groups in total. The number of Topliss-reactive ketones (excluding diaryl/α,β-unsaturated/α-hetero) is 1. The molecule has 1 saturated heterocycles. The molecule has 7 heteroatoms. The number of hydrogen-bond donors (Lipinski definition) is 1. The fraction of sp³-hybridized carbons (Fsp3) is 0.417. The molecule has 2 aromatic rings. The molecule has 1 aliphatic heterocycles. The lowest BCUT2D eigenvalue weighted by Crippen LogP contribution is -2.44. The monoisotopic (exact) mass is 462 g/mol. The van der Waals surface area contributed by atoms with Gasteiger partial charge in [-0.05, 0) is 68.1 Å². The van der Waals surface area contributed by atoms with E-state index in [9.17, 15) is 9.59 Å². The lowest BCUT2D eigenvalue weighted by molar-refractivity contribution is -0.122. The van der Waals surface area contributed by atoms with E-state index in [1.54, 1.807) is 24.3 Å². The van der Waals surface area contributed by atoms with Gasteiger partial charge in [-0.2, -0.15) is 0 Å². The molecule has 0 unspecified atom stereocenters. The Morgan fingerprint density at radius 3 is 2.42 bits per heavy atom. The summed E-state index contributed by atoms with van der Waals surface area (Å²) < 4.78 is 5.65. The van der Waals surface area contributed by atoms with Gasteiger partial charge in [0.1, 0.15) is 5.75 Å². The van der Waals surface area contributed by atoms with E-state index < -0.39 is 0 Å². The molecule has 0 spiro atoms. The second kappa shape index (κ2) is 11.5. The van der Waals surface area contributed by atoms with E-state index in [-0.39, 0.29) is 17.7 Å². The maximum Gasteiger partial charge on any atom is 0.220 e. The summed E-state index contributed by atoms with van der Waals surface area (Å²) in [5, 5.41) is 4.30. The number of carbonyl (C=O) groups excluding carboxylic acids is 2. The van der Waals surface area contributed by atoms with Crippen LogP contribution in [0.4, 0.5) is 0 Å². The molecule has 0 atom stereocenters. The van der Waals surface area contributed by atoms with Gasteiger partial charge in [0.25, 0.3) is 0 Å². The molecule has 0 bridgehead atoms. The standard InChI is InChI=1S/C24H28Cl2N2O3/c1-17(29)19-5-7-21(8-6-19)31-14-2-3-24(30)27-20-10-12-28(13-11-20)16-18-4-9-22(25)23(26)15-18/h4-9,15,20H,2-3,10-14,16H2,1H3,(H,27,30). The number of likely N-dealkylation sites (tertiary alicyclic amines) is 1. The van der Waals surface area contributed by atoms with Gasteiger partial charge in [0.05, 0.1) is 16.7 Å². The number of amides is 1. The number of ether oxygens (including phenoxy) is 1. The molecular formula is C24H28Cl2N2O3. The third kappa shape index (κ3) is 7.53. The maximum absolute atomic E-state index is 12.2. The third-order valence-electron chi connectivity index (χ3n) is 5.42. The molecule has 31 heavy (non-hydrogen) atoms. The second-order valence-electron chi connectivity index (χ2n) is 7.90. The summed E-state index contributed by atoms with van der Waals surface area (Å²) in [6.45, 7) is 4.71. The van der Waals surface area contributed by atoms with E-state index in [1.165, 1.54) is 6.92 Å². The average Bonchev–Trinajstić information content (AvgIpc) is 2.75. The van der Waals surface area contributed by atoms with Gasteiger partial charge in [-0.15, -0.1) is 0 Å². The van der Waals surface area contributed by atoms with E-state index in [4.69, 9.17) is 27.9 Å². The highest BCUT2D eigenvalue weighted by molar-refractivity contribution is 6.42. The second-order valence-corrected chi connectivity index (χ2v) is 8.71. The normalized spacial score (nSPS) is 14.9. The van der Waals surface area contributed by atoms with Crippen molar-refractivity contribution in [2.75, 3.05) is 19.7 Å². The molecule has 3 rings (SSSR count). The van der Waals surface area contributed by atoms with Crippen molar-refractivity contribution in [2.24, 2.45) is 0 Å². The van der Waals surface area contributed by atoms with E-state index in [2.05, 4.69) is 10.2 Å². The Balaban J connectivity index is 1.30. The molecule has 0 radical (unpaired) electrons. The molecule has 2 aromatic carbocycles. The highest BCUT2D eigenvalue weighted by Crippen LogP contribution is 2.24. The zero-order chi connectivity index (χ0) is 22.2. The Hall–Kier alpha value is -2.08. The maximum atomic E-state index is 12.2. The Bertz CT molecular complexity index is 894. The van der Waals surface area contributed by atoms with Gasteiger partial charge >= 0.3 is 0 Å². The van der Waals surface area contributed by atoms with Crippen LogP contribution in [0.3, 0.4) is 0 Å². The lowest BCUT2D eigenvalue weighted by Gasteiger charge is -2.32. The van der Waals surface area contributed by atoms with Crippen molar-refractivity contribution in [3.8, 4) is 5.75 Å². The summed E-state index contributed by atoms with van der Waals surface area (Å²) in [5.74, 6) is 0.807. The first-order valence-electron chi connectivity index (χ1n) is 10.6. The van der Waals surface area contributed by atoms with E-state index in [1.807, 2.05) is 18.2 Å². The SMILES string of the molecule is CC(=O)c1ccc(OCCCC(=O)NC2CCN(Cc3ccc(Cl)c(Cl)c3)CC2)cc1. The zero-order valence-corrected chi connectivity index (χ0v) is 19.2. The van der Waals surface area contributed by atoms with Gasteiger partial charge in [-0.25, -0.2) is 0 Å². The predicted octanol–water partition coefficient (Wildman–Crippen LogP) is 5.14. The molecule has 0 aromatic heterocycles. The van der Waals surface area contributed by atoms with Crippen LogP contribution in [0, 0.1) is 0 Å². The summed E-state index contributed by atoms with van der Waals surface area (Å²) in [6, 6.07) is 13.0. The number of halogens is 2. The number of rotatable bonds is 9. The van der Waals surface area contributed by atoms with Crippen molar-refractivity contribution < 1.29 is 14.3 Å². The van der Waals surface area contributed by atoms with Crippen molar-refractivity contribution in [1.29, 1.82) is 0 Å². The number of benzene rings is 2. The smallest absolute Gasteiger partial charge is 0.220 e. The van der Waals surface area contributed by atoms with Crippen molar-refractivity contribution >= 4 is 34.9 Å². The van der Waals surface area contributed by atoms with E-state index in [0.29, 0.717) is 40.8 Å². The molecule has 166 valence electrons. The number of hydrogen-bond acceptors (Lipinski definition) is 4.